The Balaban J connectivity index is 2.84. The van der Waals surface area contributed by atoms with Crippen molar-refractivity contribution in [2.45, 2.75) is 13.5 Å². The molecule has 2 heteroatoms. The van der Waals surface area contributed by atoms with Crippen LogP contribution in [0.1, 0.15) is 11.1 Å². The van der Waals surface area contributed by atoms with Gasteiger partial charge in [-0.1, -0.05) is 12.1 Å². The van der Waals surface area contributed by atoms with Crippen molar-refractivity contribution in [2.24, 2.45) is 0 Å². The highest BCUT2D eigenvalue weighted by atomic mass is 16.3. The van der Waals surface area contributed by atoms with Crippen LogP contribution in [0.3, 0.4) is 0 Å². The quantitative estimate of drug-likeness (QED) is 0.697. The van der Waals surface area contributed by atoms with Gasteiger partial charge in [-0.25, -0.2) is 0 Å². The molecule has 0 aliphatic heterocycles. The van der Waals surface area contributed by atoms with E-state index in [-0.39, 0.29) is 6.61 Å². The monoisotopic (exact) mass is 162 g/mol. The van der Waals surface area contributed by atoms with E-state index in [1.807, 2.05) is 25.1 Å². The van der Waals surface area contributed by atoms with Crippen LogP contribution in [-0.2, 0) is 6.61 Å². The molecule has 0 unspecified atom stereocenters. The summed E-state index contributed by atoms with van der Waals surface area (Å²) in [4.78, 5) is 0. The molecule has 2 aromatic rings. The highest BCUT2D eigenvalue weighted by molar-refractivity contribution is 5.84. The van der Waals surface area contributed by atoms with E-state index in [2.05, 4.69) is 0 Å². The second kappa shape index (κ2) is 2.64. The third kappa shape index (κ3) is 0.924. The third-order valence-corrected chi connectivity index (χ3v) is 2.04. The number of aliphatic hydroxyl groups is 1. The van der Waals surface area contributed by atoms with Gasteiger partial charge in [0.2, 0.25) is 0 Å². The lowest BCUT2D eigenvalue weighted by molar-refractivity contribution is 0.283. The van der Waals surface area contributed by atoms with Gasteiger partial charge in [0, 0.05) is 5.39 Å². The van der Waals surface area contributed by atoms with E-state index in [4.69, 9.17) is 9.52 Å². The molecule has 1 aromatic carbocycles. The fraction of sp³-hybridized carbons (Fsp3) is 0.200. The minimum atomic E-state index is 0.0672. The van der Waals surface area contributed by atoms with Crippen LogP contribution in [0, 0.1) is 6.92 Å². The topological polar surface area (TPSA) is 33.4 Å². The molecule has 0 saturated heterocycles. The maximum absolute atomic E-state index is 9.04. The van der Waals surface area contributed by atoms with Crippen molar-refractivity contribution in [3.63, 3.8) is 0 Å². The summed E-state index contributed by atoms with van der Waals surface area (Å²) in [7, 11) is 0. The van der Waals surface area contributed by atoms with Gasteiger partial charge in [-0.15, -0.1) is 0 Å². The molecule has 0 bridgehead atoms. The summed E-state index contributed by atoms with van der Waals surface area (Å²) >= 11 is 0. The molecule has 0 fully saturated rings. The number of hydrogen-bond donors (Lipinski definition) is 1. The number of aliphatic hydroxyl groups excluding tert-OH is 1. The zero-order valence-electron chi connectivity index (χ0n) is 6.87. The number of furan rings is 1. The Morgan fingerprint density at radius 2 is 2.25 bits per heavy atom. The Kier molecular flexibility index (Phi) is 1.62. The summed E-state index contributed by atoms with van der Waals surface area (Å²) < 4.78 is 5.28. The van der Waals surface area contributed by atoms with Crippen molar-refractivity contribution in [2.75, 3.05) is 0 Å². The maximum Gasteiger partial charge on any atom is 0.134 e. The average molecular weight is 162 g/mol. The molecule has 0 aliphatic carbocycles. The fourth-order valence-electron chi connectivity index (χ4n) is 1.46. The summed E-state index contributed by atoms with van der Waals surface area (Å²) in [6, 6.07) is 5.70. The normalized spacial score (nSPS) is 10.8. The number of aryl methyl sites for hydroxylation is 1. The molecular weight excluding hydrogens is 152 g/mol. The summed E-state index contributed by atoms with van der Waals surface area (Å²) in [5, 5.41) is 10.1. The Hall–Kier alpha value is -1.28. The van der Waals surface area contributed by atoms with Crippen LogP contribution in [0.15, 0.2) is 28.9 Å². The molecule has 1 N–H and O–H groups in total. The Bertz CT molecular complexity index is 401. The van der Waals surface area contributed by atoms with Gasteiger partial charge in [-0.2, -0.15) is 0 Å². The average Bonchev–Trinajstić information content (AvgIpc) is 2.48. The van der Waals surface area contributed by atoms with E-state index < -0.39 is 0 Å². The summed E-state index contributed by atoms with van der Waals surface area (Å²) in [6.45, 7) is 2.04. The van der Waals surface area contributed by atoms with Crippen LogP contribution >= 0.6 is 0 Å². The molecule has 1 heterocycles. The lowest BCUT2D eigenvalue weighted by Gasteiger charge is -1.97. The number of rotatable bonds is 1. The van der Waals surface area contributed by atoms with Gasteiger partial charge >= 0.3 is 0 Å². The second-order valence-electron chi connectivity index (χ2n) is 2.87. The molecular formula is C10H10O2. The molecule has 2 rings (SSSR count). The summed E-state index contributed by atoms with van der Waals surface area (Å²) in [6.07, 6.45) is 1.71. The lowest BCUT2D eigenvalue weighted by atomic mass is 10.1. The summed E-state index contributed by atoms with van der Waals surface area (Å²) in [5.74, 6) is 0. The molecule has 0 aliphatic rings. The molecule has 0 atom stereocenters. The summed E-state index contributed by atoms with van der Waals surface area (Å²) in [5.41, 5.74) is 2.85. The fourth-order valence-corrected chi connectivity index (χ4v) is 1.46. The Morgan fingerprint density at radius 1 is 1.42 bits per heavy atom. The van der Waals surface area contributed by atoms with Crippen LogP contribution in [0.25, 0.3) is 11.0 Å². The largest absolute Gasteiger partial charge is 0.464 e. The lowest BCUT2D eigenvalue weighted by Crippen LogP contribution is -1.83. The zero-order valence-corrected chi connectivity index (χ0v) is 6.87. The minimum Gasteiger partial charge on any atom is -0.464 e. The maximum atomic E-state index is 9.04. The van der Waals surface area contributed by atoms with Crippen LogP contribution in [0.4, 0.5) is 0 Å². The van der Waals surface area contributed by atoms with Crippen LogP contribution in [-0.4, -0.2) is 5.11 Å². The number of benzene rings is 1. The van der Waals surface area contributed by atoms with Crippen molar-refractivity contribution in [3.05, 3.63) is 35.6 Å². The van der Waals surface area contributed by atoms with E-state index in [0.717, 1.165) is 22.1 Å². The molecule has 12 heavy (non-hydrogen) atoms. The zero-order chi connectivity index (χ0) is 8.55. The van der Waals surface area contributed by atoms with Gasteiger partial charge in [0.1, 0.15) is 5.58 Å². The first-order valence-electron chi connectivity index (χ1n) is 3.89. The molecule has 0 saturated carbocycles. The first-order chi connectivity index (χ1) is 5.83. The predicted octanol–water partition coefficient (Wildman–Crippen LogP) is 2.23. The van der Waals surface area contributed by atoms with Gasteiger partial charge in [-0.05, 0) is 24.1 Å². The van der Waals surface area contributed by atoms with E-state index in [0.29, 0.717) is 0 Å². The van der Waals surface area contributed by atoms with E-state index in [9.17, 15) is 0 Å². The standard InChI is InChI=1S/C10H10O2/c1-7-6-12-9-4-2-3-8(5-11)10(7)9/h2-4,6,11H,5H2,1H3. The van der Waals surface area contributed by atoms with Gasteiger partial charge < -0.3 is 9.52 Å². The molecule has 1 aromatic heterocycles. The van der Waals surface area contributed by atoms with Crippen molar-refractivity contribution >= 4 is 11.0 Å². The molecule has 2 nitrogen and oxygen atoms in total. The van der Waals surface area contributed by atoms with Gasteiger partial charge in [0.05, 0.1) is 12.9 Å². The first kappa shape index (κ1) is 7.37. The van der Waals surface area contributed by atoms with Crippen molar-refractivity contribution in [3.8, 4) is 0 Å². The van der Waals surface area contributed by atoms with E-state index >= 15 is 0 Å². The van der Waals surface area contributed by atoms with Crippen LogP contribution < -0.4 is 0 Å². The van der Waals surface area contributed by atoms with Crippen LogP contribution in [0.2, 0.25) is 0 Å². The molecule has 0 radical (unpaired) electrons. The second-order valence-corrected chi connectivity index (χ2v) is 2.87. The van der Waals surface area contributed by atoms with Gasteiger partial charge in [0.25, 0.3) is 0 Å². The van der Waals surface area contributed by atoms with Crippen molar-refractivity contribution in [1.82, 2.24) is 0 Å². The smallest absolute Gasteiger partial charge is 0.134 e. The van der Waals surface area contributed by atoms with Crippen molar-refractivity contribution in [1.29, 1.82) is 0 Å². The highest BCUT2D eigenvalue weighted by Gasteiger charge is 2.05. The predicted molar refractivity (Wildman–Crippen MR) is 46.9 cm³/mol. The van der Waals surface area contributed by atoms with Crippen LogP contribution in [0.5, 0.6) is 0 Å². The Morgan fingerprint density at radius 3 is 3.00 bits per heavy atom. The van der Waals surface area contributed by atoms with Gasteiger partial charge in [0.15, 0.2) is 0 Å². The minimum absolute atomic E-state index is 0.0672. The molecule has 0 amide bonds. The number of fused-ring (bicyclic) bond motifs is 1. The Labute approximate surface area is 70.4 Å². The SMILES string of the molecule is Cc1coc2cccc(CO)c12. The number of hydrogen-bond acceptors (Lipinski definition) is 2. The molecule has 0 spiro atoms. The highest BCUT2D eigenvalue weighted by Crippen LogP contribution is 2.23. The van der Waals surface area contributed by atoms with E-state index in [1.54, 1.807) is 6.26 Å². The van der Waals surface area contributed by atoms with Crippen molar-refractivity contribution < 1.29 is 9.52 Å². The van der Waals surface area contributed by atoms with E-state index in [1.165, 1.54) is 0 Å². The van der Waals surface area contributed by atoms with Gasteiger partial charge in [-0.3, -0.25) is 0 Å². The first-order valence-corrected chi connectivity index (χ1v) is 3.89. The molecule has 62 valence electrons. The third-order valence-electron chi connectivity index (χ3n) is 2.04.